The zero-order valence-corrected chi connectivity index (χ0v) is 8.71. The Hall–Kier alpha value is -1.88. The first kappa shape index (κ1) is 10.6. The first-order valence-corrected chi connectivity index (χ1v) is 4.83. The van der Waals surface area contributed by atoms with Crippen molar-refractivity contribution in [3.05, 3.63) is 35.9 Å². The number of aliphatic hydroxyl groups is 1. The van der Waals surface area contributed by atoms with E-state index in [0.717, 1.165) is 0 Å². The number of carbonyl (C=O) groups is 2. The highest BCUT2D eigenvalue weighted by Crippen LogP contribution is 2.26. The van der Waals surface area contributed by atoms with Gasteiger partial charge in [0.05, 0.1) is 6.42 Å². The summed E-state index contributed by atoms with van der Waals surface area (Å²) in [6.45, 7) is 1.36. The summed E-state index contributed by atoms with van der Waals surface area (Å²) in [5.74, 6) is -1.15. The molecule has 1 N–H and O–H groups in total. The summed E-state index contributed by atoms with van der Waals surface area (Å²) < 4.78 is 0. The van der Waals surface area contributed by atoms with Crippen LogP contribution in [0, 0.1) is 0 Å². The molecule has 1 aromatic rings. The predicted octanol–water partition coefficient (Wildman–Crippen LogP) is 0.699. The van der Waals surface area contributed by atoms with Crippen LogP contribution in [0.25, 0.3) is 0 Å². The van der Waals surface area contributed by atoms with Crippen molar-refractivity contribution >= 4 is 11.9 Å². The quantitative estimate of drug-likeness (QED) is 0.758. The minimum atomic E-state index is -1.58. The van der Waals surface area contributed by atoms with Gasteiger partial charge in [-0.15, -0.1) is 5.06 Å². The van der Waals surface area contributed by atoms with Crippen molar-refractivity contribution in [1.82, 2.24) is 5.06 Å². The van der Waals surface area contributed by atoms with Crippen molar-refractivity contribution in [1.29, 1.82) is 0 Å². The van der Waals surface area contributed by atoms with Gasteiger partial charge in [0.25, 0.3) is 5.91 Å². The lowest BCUT2D eigenvalue weighted by atomic mass is 10.1. The molecule has 16 heavy (non-hydrogen) atoms. The standard InChI is InChI=1S/C11H11NO4/c1-11(15)7-9(13)16-12(11)10(14)8-5-3-2-4-6-8/h2-6,15H,7H2,1H3. The molecule has 84 valence electrons. The predicted molar refractivity (Wildman–Crippen MR) is 53.9 cm³/mol. The van der Waals surface area contributed by atoms with Gasteiger partial charge in [-0.3, -0.25) is 4.79 Å². The highest BCUT2D eigenvalue weighted by Gasteiger charge is 2.45. The van der Waals surface area contributed by atoms with Crippen LogP contribution in [0.1, 0.15) is 23.7 Å². The Bertz CT molecular complexity index is 427. The van der Waals surface area contributed by atoms with Crippen LogP contribution in [0.3, 0.4) is 0 Å². The average molecular weight is 221 g/mol. The second kappa shape index (κ2) is 3.61. The second-order valence-corrected chi connectivity index (χ2v) is 3.82. The molecule has 1 unspecified atom stereocenters. The molecule has 1 aliphatic heterocycles. The summed E-state index contributed by atoms with van der Waals surface area (Å²) in [6.07, 6.45) is -0.217. The van der Waals surface area contributed by atoms with E-state index in [0.29, 0.717) is 10.6 Å². The third-order valence-electron chi connectivity index (χ3n) is 2.32. The van der Waals surface area contributed by atoms with Gasteiger partial charge in [-0.25, -0.2) is 4.79 Å². The zero-order valence-electron chi connectivity index (χ0n) is 8.71. The van der Waals surface area contributed by atoms with Gasteiger partial charge in [-0.05, 0) is 19.1 Å². The summed E-state index contributed by atoms with van der Waals surface area (Å²) in [5.41, 5.74) is -1.22. The Balaban J connectivity index is 2.27. The average Bonchev–Trinajstić information content (AvgIpc) is 2.52. The minimum Gasteiger partial charge on any atom is -0.368 e. The van der Waals surface area contributed by atoms with Crippen molar-refractivity contribution in [2.45, 2.75) is 19.1 Å². The van der Waals surface area contributed by atoms with Crippen molar-refractivity contribution in [2.75, 3.05) is 0 Å². The van der Waals surface area contributed by atoms with Gasteiger partial charge in [0.1, 0.15) is 0 Å². The topological polar surface area (TPSA) is 66.8 Å². The van der Waals surface area contributed by atoms with Crippen LogP contribution in [-0.4, -0.2) is 27.8 Å². The zero-order chi connectivity index (χ0) is 11.8. The van der Waals surface area contributed by atoms with Crippen LogP contribution in [0.2, 0.25) is 0 Å². The molecule has 5 heteroatoms. The molecule has 1 fully saturated rings. The molecule has 1 saturated heterocycles. The largest absolute Gasteiger partial charge is 0.368 e. The Morgan fingerprint density at radius 3 is 2.56 bits per heavy atom. The molecule has 5 nitrogen and oxygen atoms in total. The molecule has 2 rings (SSSR count). The summed E-state index contributed by atoms with van der Waals surface area (Å²) in [6, 6.07) is 8.33. The van der Waals surface area contributed by atoms with Crippen molar-refractivity contribution < 1.29 is 19.5 Å². The molecule has 1 atom stereocenters. The molecule has 1 aromatic carbocycles. The van der Waals surface area contributed by atoms with Gasteiger partial charge >= 0.3 is 5.97 Å². The lowest BCUT2D eigenvalue weighted by Gasteiger charge is -2.25. The van der Waals surface area contributed by atoms with Gasteiger partial charge < -0.3 is 9.94 Å². The molecule has 0 bridgehead atoms. The fourth-order valence-electron chi connectivity index (χ4n) is 1.54. The van der Waals surface area contributed by atoms with E-state index in [2.05, 4.69) is 4.84 Å². The number of benzene rings is 1. The third kappa shape index (κ3) is 1.77. The van der Waals surface area contributed by atoms with E-state index < -0.39 is 17.6 Å². The van der Waals surface area contributed by atoms with E-state index in [9.17, 15) is 14.7 Å². The SMILES string of the molecule is CC1(O)CC(=O)ON1C(=O)c1ccccc1. The smallest absolute Gasteiger partial charge is 0.337 e. The molecular formula is C11H11NO4. The normalized spacial score (nSPS) is 24.4. The fourth-order valence-corrected chi connectivity index (χ4v) is 1.54. The van der Waals surface area contributed by atoms with E-state index in [1.807, 2.05) is 0 Å². The van der Waals surface area contributed by atoms with Crippen LogP contribution in [0.15, 0.2) is 30.3 Å². The first-order valence-electron chi connectivity index (χ1n) is 4.83. The fraction of sp³-hybridized carbons (Fsp3) is 0.273. The van der Waals surface area contributed by atoms with Gasteiger partial charge in [-0.2, -0.15) is 0 Å². The molecule has 0 saturated carbocycles. The lowest BCUT2D eigenvalue weighted by molar-refractivity contribution is -0.197. The number of hydrogen-bond acceptors (Lipinski definition) is 4. The summed E-state index contributed by atoms with van der Waals surface area (Å²) in [5, 5.41) is 10.5. The molecule has 1 amide bonds. The van der Waals surface area contributed by atoms with E-state index in [1.165, 1.54) is 6.92 Å². The van der Waals surface area contributed by atoms with Gasteiger partial charge in [0.15, 0.2) is 5.72 Å². The summed E-state index contributed by atoms with van der Waals surface area (Å²) in [4.78, 5) is 27.6. The summed E-state index contributed by atoms with van der Waals surface area (Å²) in [7, 11) is 0. The van der Waals surface area contributed by atoms with E-state index in [4.69, 9.17) is 0 Å². The van der Waals surface area contributed by atoms with Crippen LogP contribution < -0.4 is 0 Å². The molecule has 0 aliphatic carbocycles. The number of amides is 1. The van der Waals surface area contributed by atoms with Gasteiger partial charge in [-0.1, -0.05) is 18.2 Å². The van der Waals surface area contributed by atoms with E-state index >= 15 is 0 Å². The van der Waals surface area contributed by atoms with Crippen molar-refractivity contribution in [2.24, 2.45) is 0 Å². The maximum Gasteiger partial charge on any atom is 0.337 e. The Morgan fingerprint density at radius 1 is 1.44 bits per heavy atom. The number of nitrogens with zero attached hydrogens (tertiary/aromatic N) is 1. The van der Waals surface area contributed by atoms with Crippen LogP contribution >= 0.6 is 0 Å². The highest BCUT2D eigenvalue weighted by atomic mass is 16.7. The maximum atomic E-state index is 11.9. The van der Waals surface area contributed by atoms with Crippen LogP contribution in [0.4, 0.5) is 0 Å². The molecular weight excluding hydrogens is 210 g/mol. The Morgan fingerprint density at radius 2 is 2.06 bits per heavy atom. The number of hydrogen-bond donors (Lipinski definition) is 1. The molecule has 0 spiro atoms. The Labute approximate surface area is 92.2 Å². The third-order valence-corrected chi connectivity index (χ3v) is 2.32. The Kier molecular flexibility index (Phi) is 2.40. The van der Waals surface area contributed by atoms with Crippen molar-refractivity contribution in [3.63, 3.8) is 0 Å². The molecule has 1 heterocycles. The maximum absolute atomic E-state index is 11.9. The number of rotatable bonds is 1. The molecule has 0 aromatic heterocycles. The molecule has 0 radical (unpaired) electrons. The molecule has 1 aliphatic rings. The van der Waals surface area contributed by atoms with Gasteiger partial charge in [0, 0.05) is 5.56 Å². The minimum absolute atomic E-state index is 0.217. The van der Waals surface area contributed by atoms with E-state index in [1.54, 1.807) is 30.3 Å². The number of hydroxylamine groups is 2. The number of carbonyl (C=O) groups excluding carboxylic acids is 2. The second-order valence-electron chi connectivity index (χ2n) is 3.82. The highest BCUT2D eigenvalue weighted by molar-refractivity contribution is 5.95. The van der Waals surface area contributed by atoms with Crippen LogP contribution in [0.5, 0.6) is 0 Å². The van der Waals surface area contributed by atoms with Crippen molar-refractivity contribution in [3.8, 4) is 0 Å². The monoisotopic (exact) mass is 221 g/mol. The lowest BCUT2D eigenvalue weighted by Crippen LogP contribution is -2.44. The first-order chi connectivity index (χ1) is 7.50. The summed E-state index contributed by atoms with van der Waals surface area (Å²) >= 11 is 0. The van der Waals surface area contributed by atoms with Crippen LogP contribution in [-0.2, 0) is 9.63 Å². The van der Waals surface area contributed by atoms with E-state index in [-0.39, 0.29) is 6.42 Å². The van der Waals surface area contributed by atoms with Gasteiger partial charge in [0.2, 0.25) is 0 Å².